The molecule has 1 aromatic carbocycles. The first-order valence-corrected chi connectivity index (χ1v) is 11.5. The molecule has 0 aliphatic carbocycles. The minimum Gasteiger partial charge on any atom is -0.324 e. The fourth-order valence-corrected chi connectivity index (χ4v) is 4.78. The van der Waals surface area contributed by atoms with E-state index in [1.165, 1.54) is 23.5 Å². The van der Waals surface area contributed by atoms with Crippen LogP contribution in [0.2, 0.25) is 0 Å². The second-order valence-electron chi connectivity index (χ2n) is 6.29. The summed E-state index contributed by atoms with van der Waals surface area (Å²) in [7, 11) is -3.95. The van der Waals surface area contributed by atoms with Crippen molar-refractivity contribution in [2.45, 2.75) is 18.7 Å². The van der Waals surface area contributed by atoms with E-state index >= 15 is 0 Å². The quantitative estimate of drug-likeness (QED) is 0.673. The van der Waals surface area contributed by atoms with E-state index < -0.39 is 33.6 Å². The Balaban J connectivity index is 1.77. The largest absolute Gasteiger partial charge is 0.324 e. The van der Waals surface area contributed by atoms with Gasteiger partial charge in [0.2, 0.25) is 15.9 Å². The zero-order valence-corrected chi connectivity index (χ0v) is 17.9. The number of sulfonamides is 1. The topological polar surface area (TPSA) is 127 Å². The lowest BCUT2D eigenvalue weighted by Gasteiger charge is -2.15. The van der Waals surface area contributed by atoms with Gasteiger partial charge in [0.05, 0.1) is 9.80 Å². The molecule has 2 aromatic rings. The van der Waals surface area contributed by atoms with Crippen LogP contribution in [0.1, 0.15) is 16.0 Å². The van der Waals surface area contributed by atoms with Crippen LogP contribution >= 0.6 is 23.1 Å². The van der Waals surface area contributed by atoms with Crippen molar-refractivity contribution in [2.24, 2.45) is 5.14 Å². The van der Waals surface area contributed by atoms with Gasteiger partial charge in [-0.1, -0.05) is 6.07 Å². The van der Waals surface area contributed by atoms with Gasteiger partial charge in [-0.2, -0.15) is 0 Å². The highest BCUT2D eigenvalue weighted by Crippen LogP contribution is 2.33. The van der Waals surface area contributed by atoms with Gasteiger partial charge in [0, 0.05) is 10.6 Å². The molecule has 0 atom stereocenters. The smallest absolute Gasteiger partial charge is 0.294 e. The molecule has 1 saturated heterocycles. The Hall–Kier alpha value is -2.47. The maximum Gasteiger partial charge on any atom is 0.294 e. The van der Waals surface area contributed by atoms with Gasteiger partial charge >= 0.3 is 0 Å². The molecule has 0 radical (unpaired) electrons. The lowest BCUT2D eigenvalue weighted by molar-refractivity contribution is -0.127. The van der Waals surface area contributed by atoms with Gasteiger partial charge in [-0.25, -0.2) is 13.6 Å². The first-order chi connectivity index (χ1) is 13.6. The molecular weight excluding hydrogens is 434 g/mol. The molecule has 3 amide bonds. The molecule has 8 nitrogen and oxygen atoms in total. The lowest BCUT2D eigenvalue weighted by atomic mass is 10.1. The summed E-state index contributed by atoms with van der Waals surface area (Å²) < 4.78 is 23.3. The molecule has 11 heteroatoms. The number of thiophene rings is 1. The number of hydrogen-bond donors (Lipinski definition) is 2. The van der Waals surface area contributed by atoms with Gasteiger partial charge in [0.25, 0.3) is 11.1 Å². The molecular formula is C18H17N3O5S3. The maximum atomic E-state index is 12.5. The number of hydrogen-bond acceptors (Lipinski definition) is 7. The lowest BCUT2D eigenvalue weighted by Crippen LogP contribution is -2.36. The van der Waals surface area contributed by atoms with Crippen molar-refractivity contribution in [1.29, 1.82) is 0 Å². The van der Waals surface area contributed by atoms with Crippen molar-refractivity contribution in [1.82, 2.24) is 4.90 Å². The summed E-state index contributed by atoms with van der Waals surface area (Å²) in [4.78, 5) is 38.9. The van der Waals surface area contributed by atoms with E-state index in [2.05, 4.69) is 5.32 Å². The van der Waals surface area contributed by atoms with Crippen molar-refractivity contribution >= 4 is 61.9 Å². The number of imide groups is 1. The second-order valence-corrected chi connectivity index (χ2v) is 9.82. The van der Waals surface area contributed by atoms with Crippen molar-refractivity contribution < 1.29 is 22.8 Å². The third-order valence-corrected chi connectivity index (χ3v) is 6.85. The number of nitrogens with one attached hydrogen (secondary N) is 1. The predicted molar refractivity (Wildman–Crippen MR) is 113 cm³/mol. The zero-order chi connectivity index (χ0) is 21.3. The number of carbonyl (C=O) groups excluding carboxylic acids is 3. The van der Waals surface area contributed by atoms with Crippen LogP contribution in [0.15, 0.2) is 39.4 Å². The minimum absolute atomic E-state index is 0.138. The highest BCUT2D eigenvalue weighted by molar-refractivity contribution is 8.18. The number of primary sulfonamides is 1. The average molecular weight is 452 g/mol. The normalized spacial score (nSPS) is 16.0. The maximum absolute atomic E-state index is 12.5. The van der Waals surface area contributed by atoms with E-state index in [1.54, 1.807) is 19.9 Å². The Labute approximate surface area is 175 Å². The summed E-state index contributed by atoms with van der Waals surface area (Å²) in [5, 5.41) is 9.04. The van der Waals surface area contributed by atoms with E-state index in [9.17, 15) is 22.8 Å². The number of nitrogens with two attached hydrogens (primary N) is 1. The molecule has 1 aromatic heterocycles. The number of amides is 3. The van der Waals surface area contributed by atoms with Gasteiger partial charge in [0.15, 0.2) is 0 Å². The zero-order valence-electron chi connectivity index (χ0n) is 15.5. The number of carbonyl (C=O) groups is 3. The van der Waals surface area contributed by atoms with Crippen molar-refractivity contribution in [3.8, 4) is 0 Å². The molecule has 3 N–H and O–H groups in total. The highest BCUT2D eigenvalue weighted by atomic mass is 32.2. The highest BCUT2D eigenvalue weighted by Gasteiger charge is 2.36. The Morgan fingerprint density at radius 2 is 2.00 bits per heavy atom. The van der Waals surface area contributed by atoms with E-state index in [4.69, 9.17) is 5.14 Å². The average Bonchev–Trinajstić information content (AvgIpc) is 3.22. The third kappa shape index (κ3) is 4.75. The summed E-state index contributed by atoms with van der Waals surface area (Å²) in [6.07, 6.45) is 1.61. The van der Waals surface area contributed by atoms with E-state index in [0.29, 0.717) is 11.1 Å². The number of rotatable bonds is 5. The molecule has 0 bridgehead atoms. The van der Waals surface area contributed by atoms with Crippen LogP contribution in [-0.4, -0.2) is 36.9 Å². The first kappa shape index (κ1) is 21.2. The summed E-state index contributed by atoms with van der Waals surface area (Å²) in [5.74, 6) is -1.17. The molecule has 0 unspecified atom stereocenters. The van der Waals surface area contributed by atoms with Crippen LogP contribution in [0.25, 0.3) is 6.08 Å². The standard InChI is InChI=1S/C18H17N3O5S3/c1-10-6-13(29(19,25)26)8-14(11(10)2)20-16(22)9-21-17(23)15(28-18(21)24)7-12-4-3-5-27-12/h3-8H,9H2,1-2H3,(H,20,22)(H2,19,25,26)/b15-7-. The molecule has 3 rings (SSSR count). The van der Waals surface area contributed by atoms with Crippen LogP contribution < -0.4 is 10.5 Å². The molecule has 0 spiro atoms. The summed E-state index contributed by atoms with van der Waals surface area (Å²) in [5.41, 5.74) is 1.52. The van der Waals surface area contributed by atoms with Gasteiger partial charge in [-0.3, -0.25) is 19.3 Å². The Morgan fingerprint density at radius 3 is 2.62 bits per heavy atom. The van der Waals surface area contributed by atoms with Crippen LogP contribution in [0.5, 0.6) is 0 Å². The SMILES string of the molecule is Cc1cc(S(N)(=O)=O)cc(NC(=O)CN2C(=O)S/C(=C\c3cccs3)C2=O)c1C. The summed E-state index contributed by atoms with van der Waals surface area (Å²) in [6.45, 7) is 2.91. The first-order valence-electron chi connectivity index (χ1n) is 8.29. The number of thioether (sulfide) groups is 1. The van der Waals surface area contributed by atoms with Crippen LogP contribution in [0, 0.1) is 13.8 Å². The Bertz CT molecular complexity index is 1140. The van der Waals surface area contributed by atoms with E-state index in [1.807, 2.05) is 17.5 Å². The number of benzene rings is 1. The van der Waals surface area contributed by atoms with E-state index in [0.717, 1.165) is 21.5 Å². The Morgan fingerprint density at radius 1 is 1.28 bits per heavy atom. The number of nitrogens with zero attached hydrogens (tertiary/aromatic N) is 1. The Kier molecular flexibility index (Phi) is 5.94. The van der Waals surface area contributed by atoms with Crippen molar-refractivity contribution in [3.05, 3.63) is 50.6 Å². The second kappa shape index (κ2) is 8.11. The molecule has 0 saturated carbocycles. The molecule has 1 fully saturated rings. The molecule has 2 heterocycles. The fraction of sp³-hybridized carbons (Fsp3) is 0.167. The van der Waals surface area contributed by atoms with Gasteiger partial charge in [-0.05, 0) is 66.4 Å². The van der Waals surface area contributed by atoms with Crippen molar-refractivity contribution in [3.63, 3.8) is 0 Å². The molecule has 1 aliphatic rings. The summed E-state index contributed by atoms with van der Waals surface area (Å²) >= 11 is 2.19. The fourth-order valence-electron chi connectivity index (χ4n) is 2.59. The summed E-state index contributed by atoms with van der Waals surface area (Å²) in [6, 6.07) is 6.30. The molecule has 1 aliphatic heterocycles. The van der Waals surface area contributed by atoms with Gasteiger partial charge in [-0.15, -0.1) is 11.3 Å². The molecule has 152 valence electrons. The predicted octanol–water partition coefficient (Wildman–Crippen LogP) is 2.69. The third-order valence-electron chi connectivity index (χ3n) is 4.24. The monoisotopic (exact) mass is 451 g/mol. The molecule has 29 heavy (non-hydrogen) atoms. The van der Waals surface area contributed by atoms with E-state index in [-0.39, 0.29) is 15.5 Å². The minimum atomic E-state index is -3.95. The van der Waals surface area contributed by atoms with Gasteiger partial charge in [0.1, 0.15) is 6.54 Å². The van der Waals surface area contributed by atoms with Crippen LogP contribution in [-0.2, 0) is 19.6 Å². The van der Waals surface area contributed by atoms with Crippen LogP contribution in [0.4, 0.5) is 10.5 Å². The number of anilines is 1. The number of aryl methyl sites for hydroxylation is 1. The van der Waals surface area contributed by atoms with Gasteiger partial charge < -0.3 is 5.32 Å². The van der Waals surface area contributed by atoms with Crippen molar-refractivity contribution in [2.75, 3.05) is 11.9 Å². The van der Waals surface area contributed by atoms with Crippen LogP contribution in [0.3, 0.4) is 0 Å².